The first kappa shape index (κ1) is 11.6. The minimum absolute atomic E-state index is 0.608. The molecule has 90 valence electrons. The number of piperazine rings is 1. The molecule has 2 heterocycles. The zero-order valence-corrected chi connectivity index (χ0v) is 10.3. The second kappa shape index (κ2) is 5.46. The zero-order chi connectivity index (χ0) is 11.4. The summed E-state index contributed by atoms with van der Waals surface area (Å²) in [7, 11) is 0. The molecular formula is C12H22N4. The molecule has 0 unspecified atom stereocenters. The highest BCUT2D eigenvalue weighted by molar-refractivity contribution is 4.99. The Morgan fingerprint density at radius 2 is 2.44 bits per heavy atom. The first-order valence-electron chi connectivity index (χ1n) is 6.24. The van der Waals surface area contributed by atoms with E-state index in [1.54, 1.807) is 0 Å². The van der Waals surface area contributed by atoms with Crippen LogP contribution >= 0.6 is 0 Å². The van der Waals surface area contributed by atoms with Crippen molar-refractivity contribution in [3.05, 3.63) is 18.2 Å². The van der Waals surface area contributed by atoms with Crippen molar-refractivity contribution in [3.8, 4) is 0 Å². The van der Waals surface area contributed by atoms with Crippen molar-refractivity contribution in [2.75, 3.05) is 19.6 Å². The fraction of sp³-hybridized carbons (Fsp3) is 0.750. The Morgan fingerprint density at radius 3 is 3.19 bits per heavy atom. The summed E-state index contributed by atoms with van der Waals surface area (Å²) < 4.78 is 2.27. The van der Waals surface area contributed by atoms with Crippen LogP contribution in [-0.4, -0.2) is 40.1 Å². The number of imidazole rings is 1. The Labute approximate surface area is 97.7 Å². The molecule has 4 heteroatoms. The molecule has 16 heavy (non-hydrogen) atoms. The maximum absolute atomic E-state index is 4.25. The highest BCUT2D eigenvalue weighted by Crippen LogP contribution is 2.08. The van der Waals surface area contributed by atoms with Crippen LogP contribution in [0.4, 0.5) is 0 Å². The van der Waals surface area contributed by atoms with Gasteiger partial charge in [-0.05, 0) is 13.3 Å². The summed E-state index contributed by atoms with van der Waals surface area (Å²) in [5, 5.41) is 3.47. The van der Waals surface area contributed by atoms with Gasteiger partial charge in [0.1, 0.15) is 0 Å². The van der Waals surface area contributed by atoms with Crippen molar-refractivity contribution in [2.45, 2.75) is 39.4 Å². The number of hydrogen-bond acceptors (Lipinski definition) is 3. The molecule has 1 fully saturated rings. The Balaban J connectivity index is 1.94. The molecular weight excluding hydrogens is 200 g/mol. The van der Waals surface area contributed by atoms with E-state index in [-0.39, 0.29) is 0 Å². The van der Waals surface area contributed by atoms with Crippen molar-refractivity contribution in [2.24, 2.45) is 0 Å². The Bertz CT molecular complexity index is 321. The molecule has 0 aliphatic carbocycles. The highest BCUT2D eigenvalue weighted by Gasteiger charge is 2.16. The minimum Gasteiger partial charge on any atom is -0.333 e. The van der Waals surface area contributed by atoms with Gasteiger partial charge >= 0.3 is 0 Å². The molecule has 0 spiro atoms. The average molecular weight is 222 g/mol. The summed E-state index contributed by atoms with van der Waals surface area (Å²) in [6.45, 7) is 9.94. The van der Waals surface area contributed by atoms with Crippen LogP contribution in [0.3, 0.4) is 0 Å². The summed E-state index contributed by atoms with van der Waals surface area (Å²) in [6.07, 6.45) is 5.12. The number of rotatable bonds is 4. The first-order chi connectivity index (χ1) is 7.79. The maximum Gasteiger partial charge on any atom is 0.0948 e. The van der Waals surface area contributed by atoms with Crippen LogP contribution in [0.5, 0.6) is 0 Å². The van der Waals surface area contributed by atoms with E-state index in [9.17, 15) is 0 Å². The topological polar surface area (TPSA) is 33.1 Å². The number of aryl methyl sites for hydroxylation is 1. The van der Waals surface area contributed by atoms with E-state index in [2.05, 4.69) is 33.6 Å². The van der Waals surface area contributed by atoms with Gasteiger partial charge < -0.3 is 9.88 Å². The molecule has 1 N–H and O–H groups in total. The molecule has 0 bridgehead atoms. The van der Waals surface area contributed by atoms with Crippen LogP contribution in [0.25, 0.3) is 0 Å². The summed E-state index contributed by atoms with van der Waals surface area (Å²) in [5.41, 5.74) is 1.34. The lowest BCUT2D eigenvalue weighted by molar-refractivity contribution is 0.195. The molecule has 0 amide bonds. The Kier molecular flexibility index (Phi) is 3.96. The fourth-order valence-electron chi connectivity index (χ4n) is 2.31. The third-order valence-corrected chi connectivity index (χ3v) is 3.10. The molecule has 1 aliphatic rings. The van der Waals surface area contributed by atoms with Gasteiger partial charge in [0.25, 0.3) is 0 Å². The summed E-state index contributed by atoms with van der Waals surface area (Å²) in [4.78, 5) is 6.75. The predicted octanol–water partition coefficient (Wildman–Crippen LogP) is 1.09. The third kappa shape index (κ3) is 2.83. The van der Waals surface area contributed by atoms with Gasteiger partial charge in [-0.15, -0.1) is 0 Å². The van der Waals surface area contributed by atoms with Gasteiger partial charge in [-0.25, -0.2) is 4.98 Å². The van der Waals surface area contributed by atoms with E-state index in [0.29, 0.717) is 6.04 Å². The Hall–Kier alpha value is -0.870. The molecule has 1 aromatic heterocycles. The van der Waals surface area contributed by atoms with Crippen LogP contribution in [0.15, 0.2) is 12.5 Å². The predicted molar refractivity (Wildman–Crippen MR) is 65.3 cm³/mol. The van der Waals surface area contributed by atoms with Crippen molar-refractivity contribution in [1.29, 1.82) is 0 Å². The maximum atomic E-state index is 4.25. The quantitative estimate of drug-likeness (QED) is 0.828. The second-order valence-corrected chi connectivity index (χ2v) is 4.67. The van der Waals surface area contributed by atoms with Gasteiger partial charge in [-0.2, -0.15) is 0 Å². The summed E-state index contributed by atoms with van der Waals surface area (Å²) in [6, 6.07) is 0.608. The Morgan fingerprint density at radius 1 is 1.56 bits per heavy atom. The van der Waals surface area contributed by atoms with E-state index < -0.39 is 0 Å². The molecule has 0 aromatic carbocycles. The number of hydrogen-bond donors (Lipinski definition) is 1. The summed E-state index contributed by atoms with van der Waals surface area (Å²) in [5.74, 6) is 0. The number of aromatic nitrogens is 2. The number of nitrogens with zero attached hydrogens (tertiary/aromatic N) is 3. The van der Waals surface area contributed by atoms with Gasteiger partial charge in [0.2, 0.25) is 0 Å². The zero-order valence-electron chi connectivity index (χ0n) is 10.3. The smallest absolute Gasteiger partial charge is 0.0948 e. The normalized spacial score (nSPS) is 22.5. The van der Waals surface area contributed by atoms with Gasteiger partial charge in [0, 0.05) is 45.0 Å². The average Bonchev–Trinajstić information content (AvgIpc) is 2.66. The van der Waals surface area contributed by atoms with Gasteiger partial charge in [0.05, 0.1) is 12.0 Å². The lowest BCUT2D eigenvalue weighted by atomic mass is 10.2. The summed E-state index contributed by atoms with van der Waals surface area (Å²) >= 11 is 0. The SMILES string of the molecule is CCCn1cncc1CN1CCN[C@@H](C)C1. The number of nitrogens with one attached hydrogen (secondary N) is 1. The van der Waals surface area contributed by atoms with E-state index in [0.717, 1.165) is 32.7 Å². The standard InChI is InChI=1S/C12H22N4/c1-3-5-16-10-13-7-12(16)9-15-6-4-14-11(2)8-15/h7,10-11,14H,3-6,8-9H2,1-2H3/t11-/m0/s1. The van der Waals surface area contributed by atoms with E-state index >= 15 is 0 Å². The van der Waals surface area contributed by atoms with Crippen molar-refractivity contribution >= 4 is 0 Å². The fourth-order valence-corrected chi connectivity index (χ4v) is 2.31. The molecule has 0 saturated carbocycles. The molecule has 2 rings (SSSR count). The van der Waals surface area contributed by atoms with Crippen LogP contribution in [0, 0.1) is 0 Å². The van der Waals surface area contributed by atoms with Crippen molar-refractivity contribution < 1.29 is 0 Å². The van der Waals surface area contributed by atoms with E-state index in [4.69, 9.17) is 0 Å². The van der Waals surface area contributed by atoms with Crippen LogP contribution in [0.2, 0.25) is 0 Å². The van der Waals surface area contributed by atoms with E-state index in [1.165, 1.54) is 12.1 Å². The van der Waals surface area contributed by atoms with Crippen molar-refractivity contribution in [3.63, 3.8) is 0 Å². The third-order valence-electron chi connectivity index (χ3n) is 3.10. The molecule has 1 aliphatic heterocycles. The molecule has 1 atom stereocenters. The van der Waals surface area contributed by atoms with Gasteiger partial charge in [-0.3, -0.25) is 4.90 Å². The van der Waals surface area contributed by atoms with Crippen molar-refractivity contribution in [1.82, 2.24) is 19.8 Å². The largest absolute Gasteiger partial charge is 0.333 e. The molecule has 1 aromatic rings. The second-order valence-electron chi connectivity index (χ2n) is 4.67. The lowest BCUT2D eigenvalue weighted by Crippen LogP contribution is -2.48. The van der Waals surface area contributed by atoms with Crippen LogP contribution in [0.1, 0.15) is 26.0 Å². The molecule has 0 radical (unpaired) electrons. The van der Waals surface area contributed by atoms with Gasteiger partial charge in [-0.1, -0.05) is 6.92 Å². The first-order valence-corrected chi connectivity index (χ1v) is 6.24. The molecule has 4 nitrogen and oxygen atoms in total. The monoisotopic (exact) mass is 222 g/mol. The van der Waals surface area contributed by atoms with Crippen LogP contribution < -0.4 is 5.32 Å². The van der Waals surface area contributed by atoms with Crippen LogP contribution in [-0.2, 0) is 13.1 Å². The highest BCUT2D eigenvalue weighted by atomic mass is 15.2. The lowest BCUT2D eigenvalue weighted by Gasteiger charge is -2.31. The molecule has 1 saturated heterocycles. The van der Waals surface area contributed by atoms with E-state index in [1.807, 2.05) is 12.5 Å². The minimum atomic E-state index is 0.608. The van der Waals surface area contributed by atoms with Gasteiger partial charge in [0.15, 0.2) is 0 Å².